The second-order valence-electron chi connectivity index (χ2n) is 8.00. The minimum absolute atomic E-state index is 0.0225. The highest BCUT2D eigenvalue weighted by atomic mass is 16.6. The Morgan fingerprint density at radius 2 is 1.03 bits per heavy atom. The lowest BCUT2D eigenvalue weighted by Crippen LogP contribution is -2.15. The van der Waals surface area contributed by atoms with Crippen LogP contribution < -0.4 is 5.32 Å². The molecule has 0 aromatic heterocycles. The molecular weight excluding hydrogens is 498 g/mol. The summed E-state index contributed by atoms with van der Waals surface area (Å²) in [5.41, 5.74) is 1.52. The van der Waals surface area contributed by atoms with Crippen LogP contribution in [0, 0.1) is 0 Å². The maximum Gasteiger partial charge on any atom is 0.338 e. The number of unbranched alkanes of at least 4 members (excludes halogenated alkanes) is 1. The average Bonchev–Trinajstić information content (AvgIpc) is 2.94. The maximum atomic E-state index is 12.1. The van der Waals surface area contributed by atoms with E-state index < -0.39 is 0 Å². The monoisotopic (exact) mass is 545 g/mol. The second kappa shape index (κ2) is 26.8. The number of rotatable bonds is 28. The molecule has 0 fully saturated rings. The standard InChI is InChI=1S/C27H47NO10/c1-2-3-8-28-26-6-4-25(5-7-26)27(30)38-24-23-37-22-21-36-20-19-35-18-17-34-16-15-33-14-13-32-12-11-31-10-9-29/h4-7,28-29H,2-3,8-24H2,1H3. The van der Waals surface area contributed by atoms with Crippen molar-refractivity contribution in [2.45, 2.75) is 19.8 Å². The number of aliphatic hydroxyl groups excluding tert-OH is 1. The molecule has 220 valence electrons. The van der Waals surface area contributed by atoms with Crippen LogP contribution in [0.25, 0.3) is 0 Å². The molecule has 1 rings (SSSR count). The Kier molecular flexibility index (Phi) is 24.1. The smallest absolute Gasteiger partial charge is 0.338 e. The third kappa shape index (κ3) is 21.1. The molecule has 1 aromatic carbocycles. The van der Waals surface area contributed by atoms with Gasteiger partial charge in [-0.25, -0.2) is 4.79 Å². The molecule has 11 heteroatoms. The topological polar surface area (TPSA) is 123 Å². The Labute approximate surface area is 227 Å². The Morgan fingerprint density at radius 1 is 0.632 bits per heavy atom. The molecule has 0 bridgehead atoms. The zero-order valence-corrected chi connectivity index (χ0v) is 22.9. The summed E-state index contributed by atoms with van der Waals surface area (Å²) in [6, 6.07) is 7.28. The van der Waals surface area contributed by atoms with E-state index in [1.54, 1.807) is 12.1 Å². The first kappa shape index (κ1) is 34.2. The van der Waals surface area contributed by atoms with Gasteiger partial charge in [-0.05, 0) is 30.7 Å². The molecule has 0 heterocycles. The summed E-state index contributed by atoms with van der Waals surface area (Å²) in [5.74, 6) is -0.360. The summed E-state index contributed by atoms with van der Waals surface area (Å²) in [5, 5.41) is 11.9. The number of ether oxygens (including phenoxy) is 8. The van der Waals surface area contributed by atoms with E-state index in [1.165, 1.54) is 0 Å². The molecular formula is C27H47NO10. The van der Waals surface area contributed by atoms with Gasteiger partial charge in [-0.1, -0.05) is 13.3 Å². The number of anilines is 1. The Hall–Kier alpha value is -1.83. The largest absolute Gasteiger partial charge is 0.460 e. The molecule has 0 aliphatic carbocycles. The SMILES string of the molecule is CCCCNc1ccc(C(=O)OCCOCCOCCOCCOCCOCCOCCOCCO)cc1. The molecule has 1 aromatic rings. The van der Waals surface area contributed by atoms with E-state index in [2.05, 4.69) is 12.2 Å². The summed E-state index contributed by atoms with van der Waals surface area (Å²) in [6.07, 6.45) is 2.25. The van der Waals surface area contributed by atoms with Crippen LogP contribution in [0.1, 0.15) is 30.1 Å². The van der Waals surface area contributed by atoms with Crippen molar-refractivity contribution in [2.24, 2.45) is 0 Å². The summed E-state index contributed by atoms with van der Waals surface area (Å²) >= 11 is 0. The van der Waals surface area contributed by atoms with Gasteiger partial charge in [-0.15, -0.1) is 0 Å². The number of esters is 1. The van der Waals surface area contributed by atoms with Crippen LogP contribution >= 0.6 is 0 Å². The summed E-state index contributed by atoms with van der Waals surface area (Å²) < 4.78 is 42.7. The number of hydrogen-bond donors (Lipinski definition) is 2. The molecule has 2 N–H and O–H groups in total. The van der Waals surface area contributed by atoms with E-state index in [4.69, 9.17) is 43.0 Å². The van der Waals surface area contributed by atoms with Gasteiger partial charge in [0.2, 0.25) is 0 Å². The van der Waals surface area contributed by atoms with Gasteiger partial charge in [-0.2, -0.15) is 0 Å². The van der Waals surface area contributed by atoms with Crippen LogP contribution in [0.3, 0.4) is 0 Å². The van der Waals surface area contributed by atoms with E-state index in [1.807, 2.05) is 12.1 Å². The first-order valence-corrected chi connectivity index (χ1v) is 13.4. The molecule has 0 unspecified atom stereocenters. The zero-order chi connectivity index (χ0) is 27.4. The van der Waals surface area contributed by atoms with Gasteiger partial charge in [0.05, 0.1) is 105 Å². The molecule has 0 aliphatic rings. The number of benzene rings is 1. The van der Waals surface area contributed by atoms with Crippen molar-refractivity contribution < 1.29 is 47.8 Å². The van der Waals surface area contributed by atoms with Gasteiger partial charge in [0, 0.05) is 12.2 Å². The number of aliphatic hydroxyl groups is 1. The van der Waals surface area contributed by atoms with Crippen molar-refractivity contribution in [1.29, 1.82) is 0 Å². The maximum absolute atomic E-state index is 12.1. The fourth-order valence-corrected chi connectivity index (χ4v) is 2.90. The highest BCUT2D eigenvalue weighted by Crippen LogP contribution is 2.10. The molecule has 11 nitrogen and oxygen atoms in total. The molecule has 0 radical (unpaired) electrons. The lowest BCUT2D eigenvalue weighted by molar-refractivity contribution is -0.0230. The number of hydrogen-bond acceptors (Lipinski definition) is 11. The van der Waals surface area contributed by atoms with Crippen molar-refractivity contribution in [1.82, 2.24) is 0 Å². The Morgan fingerprint density at radius 3 is 1.42 bits per heavy atom. The number of nitrogens with one attached hydrogen (secondary N) is 1. The molecule has 38 heavy (non-hydrogen) atoms. The van der Waals surface area contributed by atoms with Crippen LogP contribution in [-0.4, -0.2) is 123 Å². The van der Waals surface area contributed by atoms with E-state index in [0.29, 0.717) is 98.1 Å². The minimum Gasteiger partial charge on any atom is -0.460 e. The van der Waals surface area contributed by atoms with Gasteiger partial charge in [0.1, 0.15) is 6.61 Å². The number of carbonyl (C=O) groups excluding carboxylic acids is 1. The zero-order valence-electron chi connectivity index (χ0n) is 22.9. The molecule has 0 saturated carbocycles. The normalized spacial score (nSPS) is 11.1. The van der Waals surface area contributed by atoms with Crippen LogP contribution in [0.5, 0.6) is 0 Å². The fraction of sp³-hybridized carbons (Fsp3) is 0.741. The predicted molar refractivity (Wildman–Crippen MR) is 143 cm³/mol. The van der Waals surface area contributed by atoms with Crippen molar-refractivity contribution in [3.05, 3.63) is 29.8 Å². The summed E-state index contributed by atoms with van der Waals surface area (Å²) in [7, 11) is 0. The average molecular weight is 546 g/mol. The predicted octanol–water partition coefficient (Wildman–Crippen LogP) is 2.16. The van der Waals surface area contributed by atoms with Crippen molar-refractivity contribution in [2.75, 3.05) is 118 Å². The van der Waals surface area contributed by atoms with Crippen molar-refractivity contribution in [3.63, 3.8) is 0 Å². The Balaban J connectivity index is 1.78. The fourth-order valence-electron chi connectivity index (χ4n) is 2.90. The van der Waals surface area contributed by atoms with Gasteiger partial charge in [-0.3, -0.25) is 0 Å². The van der Waals surface area contributed by atoms with E-state index >= 15 is 0 Å². The molecule has 0 atom stereocenters. The lowest BCUT2D eigenvalue weighted by atomic mass is 10.2. The van der Waals surface area contributed by atoms with E-state index in [-0.39, 0.29) is 19.2 Å². The molecule has 0 aliphatic heterocycles. The minimum atomic E-state index is -0.360. The van der Waals surface area contributed by atoms with Crippen LogP contribution in [-0.2, 0) is 37.9 Å². The van der Waals surface area contributed by atoms with E-state index in [0.717, 1.165) is 25.1 Å². The highest BCUT2D eigenvalue weighted by Gasteiger charge is 2.06. The van der Waals surface area contributed by atoms with Crippen LogP contribution in [0.4, 0.5) is 5.69 Å². The summed E-state index contributed by atoms with van der Waals surface area (Å²) in [4.78, 5) is 12.1. The van der Waals surface area contributed by atoms with Gasteiger partial charge in [0.25, 0.3) is 0 Å². The molecule has 0 spiro atoms. The van der Waals surface area contributed by atoms with Gasteiger partial charge < -0.3 is 48.3 Å². The molecule has 0 saturated heterocycles. The highest BCUT2D eigenvalue weighted by molar-refractivity contribution is 5.89. The van der Waals surface area contributed by atoms with Crippen molar-refractivity contribution >= 4 is 11.7 Å². The van der Waals surface area contributed by atoms with Crippen LogP contribution in [0.15, 0.2) is 24.3 Å². The molecule has 0 amide bonds. The third-order valence-corrected chi connectivity index (χ3v) is 4.91. The van der Waals surface area contributed by atoms with Gasteiger partial charge in [0.15, 0.2) is 0 Å². The lowest BCUT2D eigenvalue weighted by Gasteiger charge is -2.09. The Bertz CT molecular complexity index is 647. The summed E-state index contributed by atoms with van der Waals surface area (Å²) in [6.45, 7) is 9.65. The van der Waals surface area contributed by atoms with Gasteiger partial charge >= 0.3 is 5.97 Å². The first-order chi connectivity index (χ1) is 18.8. The van der Waals surface area contributed by atoms with E-state index in [9.17, 15) is 4.79 Å². The third-order valence-electron chi connectivity index (χ3n) is 4.91. The first-order valence-electron chi connectivity index (χ1n) is 13.4. The quantitative estimate of drug-likeness (QED) is 0.119. The van der Waals surface area contributed by atoms with Crippen molar-refractivity contribution in [3.8, 4) is 0 Å². The number of carbonyl (C=O) groups is 1. The van der Waals surface area contributed by atoms with Crippen LogP contribution in [0.2, 0.25) is 0 Å². The second-order valence-corrected chi connectivity index (χ2v) is 8.00.